The monoisotopic (exact) mass is 168 g/mol. The van der Waals surface area contributed by atoms with Crippen molar-refractivity contribution < 1.29 is 4.74 Å². The quantitative estimate of drug-likeness (QED) is 0.616. The average molecular weight is 168 g/mol. The minimum Gasteiger partial charge on any atom is -0.381 e. The molecular weight excluding hydrogens is 148 g/mol. The Morgan fingerprint density at radius 2 is 2.00 bits per heavy atom. The Morgan fingerprint density at radius 1 is 1.33 bits per heavy atom. The van der Waals surface area contributed by atoms with Gasteiger partial charge < -0.3 is 4.74 Å². The molecule has 0 amide bonds. The lowest BCUT2D eigenvalue weighted by Crippen LogP contribution is -2.59. The van der Waals surface area contributed by atoms with Crippen molar-refractivity contribution in [3.63, 3.8) is 0 Å². The van der Waals surface area contributed by atoms with E-state index in [2.05, 4.69) is 13.8 Å². The van der Waals surface area contributed by atoms with Crippen LogP contribution in [0.3, 0.4) is 0 Å². The number of rotatable bonds is 2. The molecule has 0 unspecified atom stereocenters. The van der Waals surface area contributed by atoms with Crippen molar-refractivity contribution in [1.82, 2.24) is 0 Å². The van der Waals surface area contributed by atoms with E-state index in [9.17, 15) is 0 Å². The van der Waals surface area contributed by atoms with Crippen LogP contribution >= 0.6 is 0 Å². The van der Waals surface area contributed by atoms with E-state index < -0.39 is 0 Å². The lowest BCUT2D eigenvalue weighted by molar-refractivity contribution is -0.197. The Hall–Kier alpha value is -0.0400. The Balaban J connectivity index is 2.03. The standard InChI is InChI=1S/C11H20O/c1-8(2)9-7-10(12-3)11(9)5-4-6-11/h8-10H,4-7H2,1-3H3/t9-,10+/m1/s1. The first-order valence-electron chi connectivity index (χ1n) is 5.23. The van der Waals surface area contributed by atoms with Gasteiger partial charge in [0.15, 0.2) is 0 Å². The lowest BCUT2D eigenvalue weighted by atomic mass is 9.45. The van der Waals surface area contributed by atoms with Crippen molar-refractivity contribution in [3.05, 3.63) is 0 Å². The van der Waals surface area contributed by atoms with Gasteiger partial charge in [-0.05, 0) is 36.5 Å². The van der Waals surface area contributed by atoms with Gasteiger partial charge in [-0.1, -0.05) is 20.3 Å². The maximum atomic E-state index is 5.52. The third-order valence-electron chi connectivity index (χ3n) is 4.22. The van der Waals surface area contributed by atoms with Crippen molar-refractivity contribution in [1.29, 1.82) is 0 Å². The zero-order valence-electron chi connectivity index (χ0n) is 8.47. The summed E-state index contributed by atoms with van der Waals surface area (Å²) in [5.74, 6) is 1.81. The molecular formula is C11H20O. The van der Waals surface area contributed by atoms with Crippen molar-refractivity contribution in [2.45, 2.75) is 45.6 Å². The molecule has 0 aromatic heterocycles. The van der Waals surface area contributed by atoms with Crippen LogP contribution in [0, 0.1) is 17.3 Å². The minimum atomic E-state index is 0.596. The Labute approximate surface area is 75.5 Å². The van der Waals surface area contributed by atoms with E-state index >= 15 is 0 Å². The first-order valence-corrected chi connectivity index (χ1v) is 5.23. The summed E-state index contributed by atoms with van der Waals surface area (Å²) >= 11 is 0. The van der Waals surface area contributed by atoms with Gasteiger partial charge in [-0.3, -0.25) is 0 Å². The molecule has 1 nitrogen and oxygen atoms in total. The maximum absolute atomic E-state index is 5.52. The minimum absolute atomic E-state index is 0.596. The molecule has 0 N–H and O–H groups in total. The number of hydrogen-bond acceptors (Lipinski definition) is 1. The predicted molar refractivity (Wildman–Crippen MR) is 50.0 cm³/mol. The van der Waals surface area contributed by atoms with Gasteiger partial charge in [0, 0.05) is 7.11 Å². The molecule has 70 valence electrons. The van der Waals surface area contributed by atoms with E-state index in [1.54, 1.807) is 0 Å². The van der Waals surface area contributed by atoms with Crippen LogP contribution in [0.5, 0.6) is 0 Å². The van der Waals surface area contributed by atoms with Gasteiger partial charge in [-0.15, -0.1) is 0 Å². The van der Waals surface area contributed by atoms with Crippen LogP contribution in [-0.2, 0) is 4.74 Å². The highest BCUT2D eigenvalue weighted by atomic mass is 16.5. The molecule has 2 saturated carbocycles. The Kier molecular flexibility index (Phi) is 1.95. The fourth-order valence-corrected chi connectivity index (χ4v) is 3.32. The molecule has 0 heterocycles. The fourth-order valence-electron chi connectivity index (χ4n) is 3.32. The van der Waals surface area contributed by atoms with E-state index in [-0.39, 0.29) is 0 Å². The van der Waals surface area contributed by atoms with Crippen LogP contribution in [0.4, 0.5) is 0 Å². The van der Waals surface area contributed by atoms with Gasteiger partial charge in [-0.25, -0.2) is 0 Å². The van der Waals surface area contributed by atoms with E-state index in [0.29, 0.717) is 11.5 Å². The Bertz CT molecular complexity index is 170. The first-order chi connectivity index (χ1) is 5.70. The molecule has 0 bridgehead atoms. The molecule has 1 spiro atoms. The molecule has 2 rings (SSSR count). The van der Waals surface area contributed by atoms with Crippen LogP contribution in [0.25, 0.3) is 0 Å². The van der Waals surface area contributed by atoms with E-state index in [4.69, 9.17) is 4.74 Å². The van der Waals surface area contributed by atoms with Crippen molar-refractivity contribution in [2.75, 3.05) is 7.11 Å². The predicted octanol–water partition coefficient (Wildman–Crippen LogP) is 2.85. The number of methoxy groups -OCH3 is 1. The summed E-state index contributed by atoms with van der Waals surface area (Å²) in [4.78, 5) is 0. The summed E-state index contributed by atoms with van der Waals surface area (Å²) in [6.07, 6.45) is 6.19. The summed E-state index contributed by atoms with van der Waals surface area (Å²) in [5, 5.41) is 0. The largest absolute Gasteiger partial charge is 0.381 e. The molecule has 12 heavy (non-hydrogen) atoms. The second-order valence-electron chi connectivity index (χ2n) is 4.90. The summed E-state index contributed by atoms with van der Waals surface area (Å²) < 4.78 is 5.52. The van der Waals surface area contributed by atoms with Crippen LogP contribution in [0.15, 0.2) is 0 Å². The van der Waals surface area contributed by atoms with Gasteiger partial charge in [-0.2, -0.15) is 0 Å². The fraction of sp³-hybridized carbons (Fsp3) is 1.00. The van der Waals surface area contributed by atoms with Crippen LogP contribution < -0.4 is 0 Å². The second kappa shape index (κ2) is 2.73. The van der Waals surface area contributed by atoms with Crippen LogP contribution in [0.2, 0.25) is 0 Å². The van der Waals surface area contributed by atoms with Gasteiger partial charge in [0.2, 0.25) is 0 Å². The highest BCUT2D eigenvalue weighted by molar-refractivity contribution is 5.08. The summed E-state index contributed by atoms with van der Waals surface area (Å²) in [7, 11) is 1.88. The van der Waals surface area contributed by atoms with Crippen LogP contribution in [-0.4, -0.2) is 13.2 Å². The molecule has 2 fully saturated rings. The van der Waals surface area contributed by atoms with Gasteiger partial charge in [0.1, 0.15) is 0 Å². The Morgan fingerprint density at radius 3 is 2.33 bits per heavy atom. The molecule has 2 aliphatic rings. The van der Waals surface area contributed by atoms with E-state index in [1.165, 1.54) is 25.7 Å². The molecule has 2 atom stereocenters. The number of ether oxygens (including phenoxy) is 1. The van der Waals surface area contributed by atoms with E-state index in [1.807, 2.05) is 7.11 Å². The lowest BCUT2D eigenvalue weighted by Gasteiger charge is -2.62. The van der Waals surface area contributed by atoms with Crippen LogP contribution in [0.1, 0.15) is 39.5 Å². The first kappa shape index (κ1) is 8.55. The summed E-state index contributed by atoms with van der Waals surface area (Å²) in [6.45, 7) is 4.72. The topological polar surface area (TPSA) is 9.23 Å². The van der Waals surface area contributed by atoms with Crippen molar-refractivity contribution in [3.8, 4) is 0 Å². The van der Waals surface area contributed by atoms with Crippen molar-refractivity contribution in [2.24, 2.45) is 17.3 Å². The van der Waals surface area contributed by atoms with Gasteiger partial charge in [0.25, 0.3) is 0 Å². The molecule has 0 aromatic rings. The smallest absolute Gasteiger partial charge is 0.0633 e. The highest BCUT2D eigenvalue weighted by Gasteiger charge is 2.58. The third kappa shape index (κ3) is 0.891. The van der Waals surface area contributed by atoms with E-state index in [0.717, 1.165) is 11.8 Å². The SMILES string of the molecule is CO[C@H]1C[C@H](C(C)C)C12CCC2. The molecule has 0 radical (unpaired) electrons. The average Bonchev–Trinajstić information content (AvgIpc) is 1.81. The van der Waals surface area contributed by atoms with Gasteiger partial charge >= 0.3 is 0 Å². The number of hydrogen-bond donors (Lipinski definition) is 0. The molecule has 1 heteroatoms. The summed E-state index contributed by atoms with van der Waals surface area (Å²) in [6, 6.07) is 0. The molecule has 0 saturated heterocycles. The second-order valence-corrected chi connectivity index (χ2v) is 4.90. The highest BCUT2D eigenvalue weighted by Crippen LogP contribution is 2.62. The van der Waals surface area contributed by atoms with Gasteiger partial charge in [0.05, 0.1) is 6.10 Å². The third-order valence-corrected chi connectivity index (χ3v) is 4.22. The molecule has 2 aliphatic carbocycles. The van der Waals surface area contributed by atoms with Crippen molar-refractivity contribution >= 4 is 0 Å². The summed E-state index contributed by atoms with van der Waals surface area (Å²) in [5.41, 5.74) is 0.628. The molecule has 0 aliphatic heterocycles. The molecule has 0 aromatic carbocycles. The zero-order valence-corrected chi connectivity index (χ0v) is 8.47. The normalized spacial score (nSPS) is 38.0. The zero-order chi connectivity index (χ0) is 8.77. The maximum Gasteiger partial charge on any atom is 0.0633 e.